The molecule has 4 heteroatoms. The zero-order valence-corrected chi connectivity index (χ0v) is 13.0. The Morgan fingerprint density at radius 2 is 1.50 bits per heavy atom. The second kappa shape index (κ2) is 8.66. The maximum atomic E-state index is 4.29. The molecule has 0 amide bonds. The van der Waals surface area contributed by atoms with Crippen molar-refractivity contribution in [2.24, 2.45) is 0 Å². The van der Waals surface area contributed by atoms with Crippen LogP contribution in [0, 0.1) is 0 Å². The molecule has 0 saturated heterocycles. The van der Waals surface area contributed by atoms with E-state index >= 15 is 0 Å². The molecule has 0 aromatic heterocycles. The first-order chi connectivity index (χ1) is 6.48. The van der Waals surface area contributed by atoms with Crippen molar-refractivity contribution in [2.75, 3.05) is 0 Å². The summed E-state index contributed by atoms with van der Waals surface area (Å²) in [5, 5.41) is 0. The van der Waals surface area contributed by atoms with E-state index in [9.17, 15) is 0 Å². The first kappa shape index (κ1) is 15.5. The van der Waals surface area contributed by atoms with E-state index in [4.69, 9.17) is 0 Å². The van der Waals surface area contributed by atoms with Crippen LogP contribution in [0.3, 0.4) is 0 Å². The van der Waals surface area contributed by atoms with Gasteiger partial charge in [0.05, 0.1) is 0 Å². The summed E-state index contributed by atoms with van der Waals surface area (Å²) in [7, 11) is 0. The Kier molecular flexibility index (Phi) is 9.60. The standard InChI is InChI=1S/C10H21BrS3/c1-2-3-4-5-6-7-8-9(11)10(12,13)14/h9,12-14H,2-8H2,1H3. The molecule has 1 atom stereocenters. The summed E-state index contributed by atoms with van der Waals surface area (Å²) in [6.45, 7) is 2.24. The lowest BCUT2D eigenvalue weighted by Gasteiger charge is -2.22. The summed E-state index contributed by atoms with van der Waals surface area (Å²) >= 11 is 16.4. The van der Waals surface area contributed by atoms with Crippen LogP contribution >= 0.6 is 53.8 Å². The fourth-order valence-corrected chi connectivity index (χ4v) is 2.01. The topological polar surface area (TPSA) is 0 Å². The number of hydrogen-bond acceptors (Lipinski definition) is 3. The molecule has 0 fully saturated rings. The third-order valence-corrected chi connectivity index (χ3v) is 5.37. The lowest BCUT2D eigenvalue weighted by Crippen LogP contribution is -2.18. The van der Waals surface area contributed by atoms with Crippen molar-refractivity contribution >= 4 is 53.8 Å². The zero-order valence-electron chi connectivity index (χ0n) is 8.75. The lowest BCUT2D eigenvalue weighted by molar-refractivity contribution is 0.587. The molecule has 0 aliphatic rings. The van der Waals surface area contributed by atoms with E-state index in [0.717, 1.165) is 6.42 Å². The zero-order chi connectivity index (χ0) is 11.0. The maximum Gasteiger partial charge on any atom is 0.111 e. The van der Waals surface area contributed by atoms with Gasteiger partial charge >= 0.3 is 0 Å². The molecule has 0 aromatic carbocycles. The summed E-state index contributed by atoms with van der Waals surface area (Å²) in [4.78, 5) is 0.274. The Hall–Kier alpha value is 1.53. The Morgan fingerprint density at radius 1 is 1.00 bits per heavy atom. The van der Waals surface area contributed by atoms with Crippen LogP contribution in [-0.2, 0) is 0 Å². The molecule has 0 aliphatic carbocycles. The molecule has 0 heterocycles. The third-order valence-electron chi connectivity index (χ3n) is 2.23. The summed E-state index contributed by atoms with van der Waals surface area (Å²) in [6.07, 6.45) is 9.06. The predicted molar refractivity (Wildman–Crippen MR) is 80.4 cm³/mol. The molecular weight excluding hydrogens is 296 g/mol. The van der Waals surface area contributed by atoms with Gasteiger partial charge < -0.3 is 0 Å². The van der Waals surface area contributed by atoms with Crippen LogP contribution in [0.5, 0.6) is 0 Å². The molecule has 1 unspecified atom stereocenters. The van der Waals surface area contributed by atoms with E-state index in [1.807, 2.05) is 0 Å². The van der Waals surface area contributed by atoms with Gasteiger partial charge in [-0.15, -0.1) is 0 Å². The molecule has 0 saturated carbocycles. The van der Waals surface area contributed by atoms with E-state index < -0.39 is 3.41 Å². The predicted octanol–water partition coefficient (Wildman–Crippen LogP) is 4.94. The Balaban J connectivity index is 3.28. The largest absolute Gasteiger partial charge is 0.150 e. The summed E-state index contributed by atoms with van der Waals surface area (Å²) in [5.74, 6) is 0. The smallest absolute Gasteiger partial charge is 0.111 e. The number of alkyl halides is 1. The number of hydrogen-bond donors (Lipinski definition) is 3. The summed E-state index contributed by atoms with van der Waals surface area (Å²) in [5.41, 5.74) is 0. The fourth-order valence-electron chi connectivity index (χ4n) is 1.30. The van der Waals surface area contributed by atoms with Crippen LogP contribution in [0.1, 0.15) is 51.9 Å². The fraction of sp³-hybridized carbons (Fsp3) is 1.00. The van der Waals surface area contributed by atoms with E-state index in [0.29, 0.717) is 0 Å². The van der Waals surface area contributed by atoms with E-state index in [1.54, 1.807) is 0 Å². The Bertz CT molecular complexity index is 134. The molecule has 0 aromatic rings. The maximum absolute atomic E-state index is 4.29. The number of halogens is 1. The highest BCUT2D eigenvalue weighted by Crippen LogP contribution is 2.36. The monoisotopic (exact) mass is 316 g/mol. The van der Waals surface area contributed by atoms with Gasteiger partial charge in [-0.1, -0.05) is 61.4 Å². The molecule has 0 nitrogen and oxygen atoms in total. The van der Waals surface area contributed by atoms with Gasteiger partial charge in [0.15, 0.2) is 0 Å². The molecule has 0 radical (unpaired) electrons. The van der Waals surface area contributed by atoms with Gasteiger partial charge in [-0.05, 0) is 6.42 Å². The van der Waals surface area contributed by atoms with Crippen molar-refractivity contribution < 1.29 is 0 Å². The van der Waals surface area contributed by atoms with Gasteiger partial charge in [0.2, 0.25) is 0 Å². The quantitative estimate of drug-likeness (QED) is 0.240. The van der Waals surface area contributed by atoms with Gasteiger partial charge in [0.1, 0.15) is 3.41 Å². The van der Waals surface area contributed by atoms with Gasteiger partial charge in [-0.25, -0.2) is 0 Å². The Labute approximate surface area is 113 Å². The molecule has 0 bridgehead atoms. The molecule has 0 N–H and O–H groups in total. The third kappa shape index (κ3) is 8.81. The van der Waals surface area contributed by atoms with Crippen molar-refractivity contribution in [1.29, 1.82) is 0 Å². The van der Waals surface area contributed by atoms with Gasteiger partial charge in [-0.2, -0.15) is 37.9 Å². The van der Waals surface area contributed by atoms with Gasteiger partial charge in [-0.3, -0.25) is 0 Å². The molecule has 0 rings (SSSR count). The van der Waals surface area contributed by atoms with Crippen molar-refractivity contribution in [1.82, 2.24) is 0 Å². The highest BCUT2D eigenvalue weighted by molar-refractivity contribution is 9.09. The van der Waals surface area contributed by atoms with Crippen molar-refractivity contribution in [2.45, 2.75) is 60.1 Å². The normalized spacial score (nSPS) is 14.4. The molecule has 14 heavy (non-hydrogen) atoms. The van der Waals surface area contributed by atoms with Gasteiger partial charge in [0, 0.05) is 4.83 Å². The minimum Gasteiger partial charge on any atom is -0.150 e. The lowest BCUT2D eigenvalue weighted by atomic mass is 10.1. The first-order valence-corrected chi connectivity index (χ1v) is 7.55. The van der Waals surface area contributed by atoms with E-state index in [-0.39, 0.29) is 4.83 Å². The van der Waals surface area contributed by atoms with E-state index in [1.165, 1.54) is 38.5 Å². The highest BCUT2D eigenvalue weighted by Gasteiger charge is 2.24. The second-order valence-electron chi connectivity index (χ2n) is 3.71. The minimum absolute atomic E-state index is 0.274. The Morgan fingerprint density at radius 3 is 2.00 bits per heavy atom. The average Bonchev–Trinajstić information content (AvgIpc) is 2.09. The van der Waals surface area contributed by atoms with Crippen molar-refractivity contribution in [3.63, 3.8) is 0 Å². The van der Waals surface area contributed by atoms with Crippen LogP contribution in [0.4, 0.5) is 0 Å². The molecular formula is C10H21BrS3. The minimum atomic E-state index is -0.497. The van der Waals surface area contributed by atoms with Crippen LogP contribution in [0.25, 0.3) is 0 Å². The highest BCUT2D eigenvalue weighted by atomic mass is 79.9. The van der Waals surface area contributed by atoms with Crippen LogP contribution in [0.2, 0.25) is 0 Å². The van der Waals surface area contributed by atoms with E-state index in [2.05, 4.69) is 60.7 Å². The number of thiol groups is 3. The molecule has 0 aliphatic heterocycles. The van der Waals surface area contributed by atoms with Crippen molar-refractivity contribution in [3.8, 4) is 0 Å². The van der Waals surface area contributed by atoms with Gasteiger partial charge in [0.25, 0.3) is 0 Å². The van der Waals surface area contributed by atoms with Crippen LogP contribution in [-0.4, -0.2) is 8.24 Å². The molecule has 0 spiro atoms. The van der Waals surface area contributed by atoms with Crippen LogP contribution in [0.15, 0.2) is 0 Å². The number of unbranched alkanes of at least 4 members (excludes halogenated alkanes) is 5. The van der Waals surface area contributed by atoms with Crippen LogP contribution < -0.4 is 0 Å². The first-order valence-electron chi connectivity index (χ1n) is 5.29. The summed E-state index contributed by atoms with van der Waals surface area (Å²) in [6, 6.07) is 0. The molecule has 86 valence electrons. The van der Waals surface area contributed by atoms with Crippen molar-refractivity contribution in [3.05, 3.63) is 0 Å². The second-order valence-corrected chi connectivity index (χ2v) is 7.99. The average molecular weight is 317 g/mol. The number of rotatable bonds is 8. The summed E-state index contributed by atoms with van der Waals surface area (Å²) < 4.78 is -0.497. The SMILES string of the molecule is CCCCCCCCC(Br)C(S)(S)S.